The van der Waals surface area contributed by atoms with Crippen LogP contribution in [0.5, 0.6) is 0 Å². The highest BCUT2D eigenvalue weighted by Gasteiger charge is 2.35. The summed E-state index contributed by atoms with van der Waals surface area (Å²) in [5.41, 5.74) is 2.55. The third-order valence-electron chi connectivity index (χ3n) is 4.76. The standard InChI is InChI=1S/C20H22ClFN4O2S/c1-12-5-3-4-6-13(12)11-23-19(27)17-10-18(26(2)29-25-17)20(28)24-14-7-8-16(22)15(21)9-14/h3-9,17-18,25H,10-11H2,1-2H3,(H,23,27)(H,24,28). The van der Waals surface area contributed by atoms with Gasteiger partial charge in [0.25, 0.3) is 0 Å². The SMILES string of the molecule is Cc1ccccc1CNC(=O)C1CC(C(=O)Nc2ccc(F)c(Cl)c2)N(C)SN1. The van der Waals surface area contributed by atoms with Crippen molar-refractivity contribution in [2.24, 2.45) is 0 Å². The van der Waals surface area contributed by atoms with Crippen LogP contribution in [0.25, 0.3) is 0 Å². The second-order valence-electron chi connectivity index (χ2n) is 6.82. The maximum absolute atomic E-state index is 13.3. The first-order chi connectivity index (χ1) is 13.8. The summed E-state index contributed by atoms with van der Waals surface area (Å²) in [6.07, 6.45) is 0.296. The van der Waals surface area contributed by atoms with Crippen molar-refractivity contribution in [3.63, 3.8) is 0 Å². The van der Waals surface area contributed by atoms with Crippen molar-refractivity contribution in [2.75, 3.05) is 12.4 Å². The van der Waals surface area contributed by atoms with Crippen molar-refractivity contribution in [3.05, 3.63) is 64.4 Å². The Labute approximate surface area is 178 Å². The molecular formula is C20H22ClFN4O2S. The highest BCUT2D eigenvalue weighted by molar-refractivity contribution is 7.95. The van der Waals surface area contributed by atoms with Gasteiger partial charge in [0.2, 0.25) is 11.8 Å². The van der Waals surface area contributed by atoms with Crippen LogP contribution in [0.1, 0.15) is 17.5 Å². The van der Waals surface area contributed by atoms with Crippen molar-refractivity contribution >= 4 is 41.2 Å². The van der Waals surface area contributed by atoms with Gasteiger partial charge in [-0.15, -0.1) is 0 Å². The highest BCUT2D eigenvalue weighted by Crippen LogP contribution is 2.24. The smallest absolute Gasteiger partial charge is 0.242 e. The minimum absolute atomic E-state index is 0.0655. The Morgan fingerprint density at radius 3 is 2.76 bits per heavy atom. The normalized spacial score (nSPS) is 19.6. The van der Waals surface area contributed by atoms with E-state index in [2.05, 4.69) is 15.4 Å². The van der Waals surface area contributed by atoms with Crippen LogP contribution in [0, 0.1) is 12.7 Å². The van der Waals surface area contributed by atoms with Crippen LogP contribution in [-0.2, 0) is 16.1 Å². The predicted octanol–water partition coefficient (Wildman–Crippen LogP) is 3.27. The van der Waals surface area contributed by atoms with E-state index in [0.717, 1.165) is 11.1 Å². The largest absolute Gasteiger partial charge is 0.351 e. The van der Waals surface area contributed by atoms with Gasteiger partial charge in [-0.25, -0.2) is 13.4 Å². The second kappa shape index (κ2) is 9.58. The van der Waals surface area contributed by atoms with E-state index in [9.17, 15) is 14.0 Å². The van der Waals surface area contributed by atoms with Crippen LogP contribution in [0.15, 0.2) is 42.5 Å². The van der Waals surface area contributed by atoms with Gasteiger partial charge < -0.3 is 10.6 Å². The number of aryl methyl sites for hydroxylation is 1. The average molecular weight is 437 g/mol. The molecule has 9 heteroatoms. The Morgan fingerprint density at radius 1 is 1.28 bits per heavy atom. The molecule has 0 bridgehead atoms. The fourth-order valence-corrected chi connectivity index (χ4v) is 3.96. The van der Waals surface area contributed by atoms with Crippen LogP contribution in [0.3, 0.4) is 0 Å². The monoisotopic (exact) mass is 436 g/mol. The number of carbonyl (C=O) groups excluding carboxylic acids is 2. The number of anilines is 1. The lowest BCUT2D eigenvalue weighted by molar-refractivity contribution is -0.124. The van der Waals surface area contributed by atoms with Crippen LogP contribution in [0.4, 0.5) is 10.1 Å². The zero-order valence-corrected chi connectivity index (χ0v) is 17.6. The van der Waals surface area contributed by atoms with E-state index < -0.39 is 17.9 Å². The molecule has 2 atom stereocenters. The quantitative estimate of drug-likeness (QED) is 0.627. The Morgan fingerprint density at radius 2 is 2.03 bits per heavy atom. The fraction of sp³-hybridized carbons (Fsp3) is 0.300. The molecule has 29 heavy (non-hydrogen) atoms. The molecule has 1 aliphatic heterocycles. The van der Waals surface area contributed by atoms with Gasteiger partial charge in [0.05, 0.1) is 11.1 Å². The molecule has 1 saturated heterocycles. The minimum atomic E-state index is -0.551. The van der Waals surface area contributed by atoms with Gasteiger partial charge in [-0.2, -0.15) is 0 Å². The molecule has 0 spiro atoms. The molecule has 6 nitrogen and oxygen atoms in total. The molecule has 1 fully saturated rings. The first-order valence-corrected chi connectivity index (χ1v) is 10.2. The summed E-state index contributed by atoms with van der Waals surface area (Å²) >= 11 is 6.98. The summed E-state index contributed by atoms with van der Waals surface area (Å²) in [5.74, 6) is -1.01. The van der Waals surface area contributed by atoms with E-state index >= 15 is 0 Å². The number of nitrogens with one attached hydrogen (secondary N) is 3. The zero-order chi connectivity index (χ0) is 21.0. The number of amides is 2. The number of halogens is 2. The summed E-state index contributed by atoms with van der Waals surface area (Å²) in [7, 11) is 1.76. The molecule has 3 rings (SSSR count). The molecule has 3 N–H and O–H groups in total. The summed E-state index contributed by atoms with van der Waals surface area (Å²) in [6.45, 7) is 2.42. The minimum Gasteiger partial charge on any atom is -0.351 e. The second-order valence-corrected chi connectivity index (χ2v) is 8.22. The van der Waals surface area contributed by atoms with Crippen molar-refractivity contribution in [2.45, 2.75) is 32.0 Å². The Balaban J connectivity index is 1.60. The molecule has 1 heterocycles. The molecule has 2 aromatic carbocycles. The van der Waals surface area contributed by atoms with Gasteiger partial charge in [-0.1, -0.05) is 35.9 Å². The molecule has 0 saturated carbocycles. The van der Waals surface area contributed by atoms with Crippen molar-refractivity contribution < 1.29 is 14.0 Å². The van der Waals surface area contributed by atoms with E-state index in [4.69, 9.17) is 11.6 Å². The van der Waals surface area contributed by atoms with Crippen molar-refractivity contribution in [3.8, 4) is 0 Å². The van der Waals surface area contributed by atoms with Gasteiger partial charge in [0.15, 0.2) is 0 Å². The first-order valence-electron chi connectivity index (χ1n) is 9.08. The van der Waals surface area contributed by atoms with Crippen LogP contribution >= 0.6 is 23.7 Å². The van der Waals surface area contributed by atoms with Gasteiger partial charge >= 0.3 is 0 Å². The lowest BCUT2D eigenvalue weighted by atomic mass is 10.1. The predicted molar refractivity (Wildman–Crippen MR) is 114 cm³/mol. The number of hydrogen-bond donors (Lipinski definition) is 3. The summed E-state index contributed by atoms with van der Waals surface area (Å²) < 4.78 is 18.1. The molecule has 154 valence electrons. The molecule has 0 aliphatic carbocycles. The number of likely N-dealkylation sites (N-methyl/N-ethyl adjacent to an activating group) is 1. The number of rotatable bonds is 5. The molecule has 2 unspecified atom stereocenters. The zero-order valence-electron chi connectivity index (χ0n) is 16.0. The maximum atomic E-state index is 13.3. The molecule has 0 aromatic heterocycles. The van der Waals surface area contributed by atoms with Gasteiger partial charge in [-0.3, -0.25) is 9.59 Å². The molecular weight excluding hydrogens is 415 g/mol. The van der Waals surface area contributed by atoms with E-state index in [-0.39, 0.29) is 16.8 Å². The van der Waals surface area contributed by atoms with Crippen LogP contribution in [0.2, 0.25) is 5.02 Å². The Kier molecular flexibility index (Phi) is 7.13. The number of benzene rings is 2. The summed E-state index contributed by atoms with van der Waals surface area (Å²) in [6, 6.07) is 10.8. The molecule has 0 radical (unpaired) electrons. The Bertz CT molecular complexity index is 914. The molecule has 2 aromatic rings. The average Bonchev–Trinajstić information content (AvgIpc) is 2.70. The van der Waals surface area contributed by atoms with Crippen molar-refractivity contribution in [1.82, 2.24) is 14.3 Å². The lowest BCUT2D eigenvalue weighted by Crippen LogP contribution is -2.54. The summed E-state index contributed by atoms with van der Waals surface area (Å²) in [5, 5.41) is 5.59. The topological polar surface area (TPSA) is 73.5 Å². The Hall–Kier alpha value is -2.13. The fourth-order valence-electron chi connectivity index (χ4n) is 2.98. The lowest BCUT2D eigenvalue weighted by Gasteiger charge is -2.34. The highest BCUT2D eigenvalue weighted by atomic mass is 35.5. The molecule has 1 aliphatic rings. The number of carbonyl (C=O) groups is 2. The molecule has 2 amide bonds. The van der Waals surface area contributed by atoms with E-state index in [1.54, 1.807) is 11.4 Å². The van der Waals surface area contributed by atoms with Gasteiger partial charge in [-0.05, 0) is 49.7 Å². The third kappa shape index (κ3) is 5.48. The van der Waals surface area contributed by atoms with Crippen LogP contribution in [-0.4, -0.2) is 35.3 Å². The van der Waals surface area contributed by atoms with E-state index in [0.29, 0.717) is 18.7 Å². The van der Waals surface area contributed by atoms with Crippen LogP contribution < -0.4 is 15.4 Å². The van der Waals surface area contributed by atoms with E-state index in [1.165, 1.54) is 30.3 Å². The number of hydrogen-bond acceptors (Lipinski definition) is 5. The van der Waals surface area contributed by atoms with Gasteiger partial charge in [0, 0.05) is 24.4 Å². The van der Waals surface area contributed by atoms with Crippen molar-refractivity contribution in [1.29, 1.82) is 0 Å². The number of nitrogens with zero attached hydrogens (tertiary/aromatic N) is 1. The maximum Gasteiger partial charge on any atom is 0.242 e. The van der Waals surface area contributed by atoms with E-state index in [1.807, 2.05) is 31.2 Å². The first kappa shape index (κ1) is 21.6. The summed E-state index contributed by atoms with van der Waals surface area (Å²) in [4.78, 5) is 25.3. The third-order valence-corrected chi connectivity index (χ3v) is 5.98. The van der Waals surface area contributed by atoms with Gasteiger partial charge in [0.1, 0.15) is 11.9 Å².